The summed E-state index contributed by atoms with van der Waals surface area (Å²) in [6.45, 7) is 0. The maximum atomic E-state index is 12.4. The lowest BCUT2D eigenvalue weighted by Gasteiger charge is -2.14. The SMILES string of the molecule is O=C1c2ccccc2C(=O)N1c1cc(Cl)c(Cl)cc1[N+](=O)[O-]. The minimum absolute atomic E-state index is 0.0128. The Morgan fingerprint density at radius 3 is 1.95 bits per heavy atom. The molecule has 110 valence electrons. The van der Waals surface area contributed by atoms with Crippen LogP contribution in [0.15, 0.2) is 36.4 Å². The van der Waals surface area contributed by atoms with E-state index < -0.39 is 22.4 Å². The Morgan fingerprint density at radius 2 is 1.45 bits per heavy atom. The van der Waals surface area contributed by atoms with E-state index in [0.29, 0.717) is 0 Å². The third-order valence-corrected chi connectivity index (χ3v) is 3.97. The van der Waals surface area contributed by atoms with Crippen molar-refractivity contribution in [1.29, 1.82) is 0 Å². The first kappa shape index (κ1) is 14.5. The molecular weight excluding hydrogens is 331 g/mol. The van der Waals surface area contributed by atoms with Crippen molar-refractivity contribution >= 4 is 46.4 Å². The fraction of sp³-hybridized carbons (Fsp3) is 0. The number of fused-ring (bicyclic) bond motifs is 1. The van der Waals surface area contributed by atoms with Gasteiger partial charge in [0.15, 0.2) is 0 Å². The van der Waals surface area contributed by atoms with Gasteiger partial charge in [0.2, 0.25) is 0 Å². The molecular formula is C14H6Cl2N2O4. The fourth-order valence-electron chi connectivity index (χ4n) is 2.26. The van der Waals surface area contributed by atoms with Gasteiger partial charge < -0.3 is 0 Å². The Morgan fingerprint density at radius 1 is 0.955 bits per heavy atom. The number of anilines is 1. The summed E-state index contributed by atoms with van der Waals surface area (Å²) in [6.07, 6.45) is 0. The number of nitro benzene ring substituents is 1. The molecule has 0 bridgehead atoms. The lowest BCUT2D eigenvalue weighted by molar-refractivity contribution is -0.384. The van der Waals surface area contributed by atoms with Crippen LogP contribution in [0.1, 0.15) is 20.7 Å². The zero-order valence-electron chi connectivity index (χ0n) is 10.7. The summed E-state index contributed by atoms with van der Waals surface area (Å²) >= 11 is 11.6. The van der Waals surface area contributed by atoms with Crippen LogP contribution in [-0.4, -0.2) is 16.7 Å². The molecule has 0 atom stereocenters. The van der Waals surface area contributed by atoms with E-state index in [1.54, 1.807) is 12.1 Å². The average molecular weight is 337 g/mol. The molecule has 8 heteroatoms. The maximum Gasteiger partial charge on any atom is 0.295 e. The summed E-state index contributed by atoms with van der Waals surface area (Å²) in [7, 11) is 0. The van der Waals surface area contributed by atoms with Gasteiger partial charge in [0, 0.05) is 6.07 Å². The molecule has 6 nitrogen and oxygen atoms in total. The minimum Gasteiger partial charge on any atom is -0.268 e. The molecule has 0 fully saturated rings. The van der Waals surface area contributed by atoms with Gasteiger partial charge in [-0.1, -0.05) is 35.3 Å². The van der Waals surface area contributed by atoms with Crippen LogP contribution in [0.5, 0.6) is 0 Å². The molecule has 1 heterocycles. The van der Waals surface area contributed by atoms with Gasteiger partial charge in [-0.05, 0) is 18.2 Å². The first-order valence-electron chi connectivity index (χ1n) is 6.03. The molecule has 0 saturated carbocycles. The zero-order valence-corrected chi connectivity index (χ0v) is 12.3. The van der Waals surface area contributed by atoms with E-state index >= 15 is 0 Å². The van der Waals surface area contributed by atoms with Crippen molar-refractivity contribution in [3.63, 3.8) is 0 Å². The van der Waals surface area contributed by atoms with E-state index in [4.69, 9.17) is 23.2 Å². The lowest BCUT2D eigenvalue weighted by atomic mass is 10.1. The third-order valence-electron chi connectivity index (χ3n) is 3.25. The number of benzene rings is 2. The van der Waals surface area contributed by atoms with E-state index in [0.717, 1.165) is 17.0 Å². The number of imide groups is 1. The zero-order chi connectivity index (χ0) is 16.0. The van der Waals surface area contributed by atoms with Gasteiger partial charge in [-0.15, -0.1) is 0 Å². The summed E-state index contributed by atoms with van der Waals surface area (Å²) in [6, 6.07) is 8.35. The van der Waals surface area contributed by atoms with Gasteiger partial charge in [-0.3, -0.25) is 19.7 Å². The highest BCUT2D eigenvalue weighted by molar-refractivity contribution is 6.43. The number of halogens is 2. The summed E-state index contributed by atoms with van der Waals surface area (Å²) < 4.78 is 0. The molecule has 3 rings (SSSR count). The minimum atomic E-state index is -0.721. The van der Waals surface area contributed by atoms with Crippen LogP contribution in [0.3, 0.4) is 0 Å². The second-order valence-corrected chi connectivity index (χ2v) is 5.32. The van der Waals surface area contributed by atoms with Crippen molar-refractivity contribution in [1.82, 2.24) is 0 Å². The average Bonchev–Trinajstić information content (AvgIpc) is 2.74. The molecule has 0 unspecified atom stereocenters. The van der Waals surface area contributed by atoms with Crippen molar-refractivity contribution < 1.29 is 14.5 Å². The van der Waals surface area contributed by atoms with Crippen LogP contribution < -0.4 is 4.90 Å². The largest absolute Gasteiger partial charge is 0.295 e. The Labute approximate surface area is 134 Å². The third kappa shape index (κ3) is 2.04. The number of carbonyl (C=O) groups is 2. The van der Waals surface area contributed by atoms with Crippen LogP contribution in [0.4, 0.5) is 11.4 Å². The topological polar surface area (TPSA) is 80.5 Å². The first-order chi connectivity index (χ1) is 10.4. The number of hydrogen-bond acceptors (Lipinski definition) is 4. The molecule has 0 aromatic heterocycles. The maximum absolute atomic E-state index is 12.4. The molecule has 0 saturated heterocycles. The van der Waals surface area contributed by atoms with Gasteiger partial charge in [-0.25, -0.2) is 4.90 Å². The van der Waals surface area contributed by atoms with Gasteiger partial charge in [-0.2, -0.15) is 0 Å². The molecule has 2 aromatic rings. The van der Waals surface area contributed by atoms with Crippen LogP contribution >= 0.6 is 23.2 Å². The highest BCUT2D eigenvalue weighted by Crippen LogP contribution is 2.39. The second-order valence-electron chi connectivity index (χ2n) is 4.50. The van der Waals surface area contributed by atoms with Gasteiger partial charge in [0.25, 0.3) is 17.5 Å². The van der Waals surface area contributed by atoms with Gasteiger partial charge >= 0.3 is 0 Å². The monoisotopic (exact) mass is 336 g/mol. The fourth-order valence-corrected chi connectivity index (χ4v) is 2.58. The van der Waals surface area contributed by atoms with Crippen LogP contribution in [-0.2, 0) is 0 Å². The van der Waals surface area contributed by atoms with Crippen LogP contribution in [0.25, 0.3) is 0 Å². The van der Waals surface area contributed by atoms with E-state index in [9.17, 15) is 19.7 Å². The molecule has 1 aliphatic rings. The Balaban J connectivity index is 2.22. The molecule has 1 aliphatic heterocycles. The predicted octanol–water partition coefficient (Wildman–Crippen LogP) is 3.70. The van der Waals surface area contributed by atoms with E-state index in [-0.39, 0.29) is 26.9 Å². The number of rotatable bonds is 2. The Hall–Kier alpha value is -2.44. The van der Waals surface area contributed by atoms with Crippen molar-refractivity contribution in [2.75, 3.05) is 4.90 Å². The number of hydrogen-bond donors (Lipinski definition) is 0. The Kier molecular flexibility index (Phi) is 3.35. The number of amides is 2. The quantitative estimate of drug-likeness (QED) is 0.475. The summed E-state index contributed by atoms with van der Waals surface area (Å²) in [4.78, 5) is 36.0. The first-order valence-corrected chi connectivity index (χ1v) is 6.78. The van der Waals surface area contributed by atoms with Gasteiger partial charge in [0.05, 0.1) is 26.1 Å². The predicted molar refractivity (Wildman–Crippen MR) is 80.7 cm³/mol. The van der Waals surface area contributed by atoms with E-state index in [2.05, 4.69) is 0 Å². The molecule has 22 heavy (non-hydrogen) atoms. The molecule has 0 N–H and O–H groups in total. The number of carbonyl (C=O) groups excluding carboxylic acids is 2. The Bertz CT molecular complexity index is 816. The highest BCUT2D eigenvalue weighted by atomic mass is 35.5. The van der Waals surface area contributed by atoms with Crippen LogP contribution in [0, 0.1) is 10.1 Å². The van der Waals surface area contributed by atoms with Crippen LogP contribution in [0.2, 0.25) is 10.0 Å². The van der Waals surface area contributed by atoms with Crippen molar-refractivity contribution in [2.24, 2.45) is 0 Å². The number of nitrogens with zero attached hydrogens (tertiary/aromatic N) is 2. The van der Waals surface area contributed by atoms with Crippen molar-refractivity contribution in [3.8, 4) is 0 Å². The van der Waals surface area contributed by atoms with E-state index in [1.165, 1.54) is 12.1 Å². The normalized spacial score (nSPS) is 13.5. The van der Waals surface area contributed by atoms with Crippen molar-refractivity contribution in [2.45, 2.75) is 0 Å². The van der Waals surface area contributed by atoms with Crippen molar-refractivity contribution in [3.05, 3.63) is 67.7 Å². The molecule has 2 amide bonds. The highest BCUT2D eigenvalue weighted by Gasteiger charge is 2.39. The standard InChI is InChI=1S/C14H6Cl2N2O4/c15-9-5-11(12(18(21)22)6-10(9)16)17-13(19)7-3-1-2-4-8(7)14(17)20/h1-6H. The molecule has 0 aliphatic carbocycles. The number of nitro groups is 1. The van der Waals surface area contributed by atoms with Gasteiger partial charge in [0.1, 0.15) is 5.69 Å². The summed E-state index contributed by atoms with van der Waals surface area (Å²) in [5.41, 5.74) is -0.296. The molecule has 0 spiro atoms. The smallest absolute Gasteiger partial charge is 0.268 e. The summed E-state index contributed by atoms with van der Waals surface area (Å²) in [5.74, 6) is -1.27. The molecule has 0 radical (unpaired) electrons. The molecule has 2 aromatic carbocycles. The lowest BCUT2D eigenvalue weighted by Crippen LogP contribution is -2.30. The van der Waals surface area contributed by atoms with E-state index in [1.807, 2.05) is 0 Å². The second kappa shape index (κ2) is 5.08. The summed E-state index contributed by atoms with van der Waals surface area (Å²) in [5, 5.41) is 11.2.